The van der Waals surface area contributed by atoms with Gasteiger partial charge >= 0.3 is 5.97 Å². The maximum atomic E-state index is 10.7. The molecule has 1 fully saturated rings. The Balaban J connectivity index is 1.93. The Hall–Kier alpha value is -1.62. The number of hydrogen-bond donors (Lipinski definition) is 1. The number of carboxylic acids is 1. The second kappa shape index (κ2) is 4.94. The number of carboxylic acid groups (broad SMARTS) is 1. The lowest BCUT2D eigenvalue weighted by Gasteiger charge is -2.09. The molecule has 2 heterocycles. The highest BCUT2D eigenvalue weighted by atomic mass is 16.5. The summed E-state index contributed by atoms with van der Waals surface area (Å²) in [5, 5.41) is 8.79. The van der Waals surface area contributed by atoms with Crippen LogP contribution >= 0.6 is 0 Å². The quantitative estimate of drug-likeness (QED) is 0.830. The fraction of sp³-hybridized carbons (Fsp3) is 0.455. The first-order valence-corrected chi connectivity index (χ1v) is 5.15. The van der Waals surface area contributed by atoms with E-state index in [1.165, 1.54) is 18.3 Å². The Kier molecular flexibility index (Phi) is 3.36. The highest BCUT2D eigenvalue weighted by Crippen LogP contribution is 2.15. The first kappa shape index (κ1) is 10.9. The maximum absolute atomic E-state index is 10.7. The Morgan fingerprint density at radius 3 is 3.25 bits per heavy atom. The van der Waals surface area contributed by atoms with Gasteiger partial charge in [-0.15, -0.1) is 0 Å². The molecule has 1 aliphatic heterocycles. The van der Waals surface area contributed by atoms with Crippen LogP contribution in [0.25, 0.3) is 0 Å². The van der Waals surface area contributed by atoms with E-state index in [1.807, 2.05) is 0 Å². The van der Waals surface area contributed by atoms with E-state index in [1.54, 1.807) is 0 Å². The van der Waals surface area contributed by atoms with Crippen LogP contribution in [0.4, 0.5) is 0 Å². The molecule has 0 unspecified atom stereocenters. The lowest BCUT2D eigenvalue weighted by atomic mass is 10.1. The van der Waals surface area contributed by atoms with E-state index in [0.29, 0.717) is 25.0 Å². The molecule has 1 saturated heterocycles. The van der Waals surface area contributed by atoms with Crippen LogP contribution in [0.2, 0.25) is 0 Å². The minimum atomic E-state index is -0.976. The van der Waals surface area contributed by atoms with Crippen LogP contribution in [0.1, 0.15) is 16.8 Å². The molecule has 1 aromatic heterocycles. The summed E-state index contributed by atoms with van der Waals surface area (Å²) in [5.74, 6) is -0.237. The predicted molar refractivity (Wildman–Crippen MR) is 55.6 cm³/mol. The molecule has 5 heteroatoms. The third kappa shape index (κ3) is 2.70. The average Bonchev–Trinajstić information content (AvgIpc) is 2.79. The smallest absolute Gasteiger partial charge is 0.335 e. The van der Waals surface area contributed by atoms with Crippen LogP contribution in [0, 0.1) is 5.92 Å². The molecular formula is C11H13NO4. The van der Waals surface area contributed by atoms with Crippen molar-refractivity contribution < 1.29 is 19.4 Å². The van der Waals surface area contributed by atoms with E-state index in [-0.39, 0.29) is 5.56 Å². The van der Waals surface area contributed by atoms with Gasteiger partial charge in [0.15, 0.2) is 0 Å². The van der Waals surface area contributed by atoms with Crippen molar-refractivity contribution >= 4 is 5.97 Å². The molecule has 0 spiro atoms. The van der Waals surface area contributed by atoms with Gasteiger partial charge in [0.1, 0.15) is 0 Å². The van der Waals surface area contributed by atoms with Crippen molar-refractivity contribution in [2.45, 2.75) is 6.42 Å². The van der Waals surface area contributed by atoms with Crippen LogP contribution in [0.5, 0.6) is 5.88 Å². The predicted octanol–water partition coefficient (Wildman–Crippen LogP) is 1.20. The van der Waals surface area contributed by atoms with Crippen molar-refractivity contribution in [1.82, 2.24) is 4.98 Å². The molecule has 16 heavy (non-hydrogen) atoms. The minimum absolute atomic E-state index is 0.188. The maximum Gasteiger partial charge on any atom is 0.335 e. The Bertz CT molecular complexity index is 374. The number of aromatic carboxylic acids is 1. The van der Waals surface area contributed by atoms with E-state index in [0.717, 1.165) is 13.0 Å². The second-order valence-corrected chi connectivity index (χ2v) is 3.73. The van der Waals surface area contributed by atoms with Crippen molar-refractivity contribution in [1.29, 1.82) is 0 Å². The van der Waals surface area contributed by atoms with Crippen LogP contribution in [0.15, 0.2) is 18.3 Å². The molecule has 1 aliphatic rings. The van der Waals surface area contributed by atoms with E-state index >= 15 is 0 Å². The van der Waals surface area contributed by atoms with E-state index < -0.39 is 5.97 Å². The fourth-order valence-electron chi connectivity index (χ4n) is 1.54. The first-order valence-electron chi connectivity index (χ1n) is 5.15. The summed E-state index contributed by atoms with van der Waals surface area (Å²) in [4.78, 5) is 14.7. The molecule has 86 valence electrons. The zero-order chi connectivity index (χ0) is 11.4. The van der Waals surface area contributed by atoms with Gasteiger partial charge in [0.25, 0.3) is 0 Å². The lowest BCUT2D eigenvalue weighted by molar-refractivity contribution is 0.0696. The van der Waals surface area contributed by atoms with Gasteiger partial charge in [-0.1, -0.05) is 0 Å². The molecule has 0 bridgehead atoms. The van der Waals surface area contributed by atoms with Gasteiger partial charge in [0, 0.05) is 24.8 Å². The molecule has 0 aliphatic carbocycles. The SMILES string of the molecule is O=C(O)c1ccnc(OC[C@H]2CCOC2)c1. The fourth-order valence-corrected chi connectivity index (χ4v) is 1.54. The normalized spacial score (nSPS) is 19.6. The van der Waals surface area contributed by atoms with Gasteiger partial charge in [-0.25, -0.2) is 9.78 Å². The third-order valence-electron chi connectivity index (χ3n) is 2.47. The Morgan fingerprint density at radius 1 is 1.69 bits per heavy atom. The number of rotatable bonds is 4. The molecular weight excluding hydrogens is 210 g/mol. The summed E-state index contributed by atoms with van der Waals surface area (Å²) in [7, 11) is 0. The minimum Gasteiger partial charge on any atom is -0.478 e. The van der Waals surface area contributed by atoms with Gasteiger partial charge < -0.3 is 14.6 Å². The average molecular weight is 223 g/mol. The number of ether oxygens (including phenoxy) is 2. The van der Waals surface area contributed by atoms with Crippen molar-refractivity contribution in [2.24, 2.45) is 5.92 Å². The summed E-state index contributed by atoms with van der Waals surface area (Å²) >= 11 is 0. The molecule has 0 amide bonds. The largest absolute Gasteiger partial charge is 0.478 e. The Labute approximate surface area is 93.0 Å². The zero-order valence-electron chi connectivity index (χ0n) is 8.76. The third-order valence-corrected chi connectivity index (χ3v) is 2.47. The summed E-state index contributed by atoms with van der Waals surface area (Å²) < 4.78 is 10.6. The van der Waals surface area contributed by atoms with Crippen LogP contribution in [-0.4, -0.2) is 35.9 Å². The molecule has 1 atom stereocenters. The number of pyridine rings is 1. The number of hydrogen-bond acceptors (Lipinski definition) is 4. The van der Waals surface area contributed by atoms with Crippen molar-refractivity contribution in [2.75, 3.05) is 19.8 Å². The van der Waals surface area contributed by atoms with Crippen molar-refractivity contribution in [3.8, 4) is 5.88 Å². The summed E-state index contributed by atoms with van der Waals surface area (Å²) in [6.07, 6.45) is 2.42. The van der Waals surface area contributed by atoms with Gasteiger partial charge in [-0.2, -0.15) is 0 Å². The van der Waals surface area contributed by atoms with Crippen LogP contribution < -0.4 is 4.74 Å². The molecule has 0 radical (unpaired) electrons. The molecule has 1 N–H and O–H groups in total. The summed E-state index contributed by atoms with van der Waals surface area (Å²) in [6.45, 7) is 2.01. The Morgan fingerprint density at radius 2 is 2.56 bits per heavy atom. The van der Waals surface area contributed by atoms with Gasteiger partial charge in [-0.3, -0.25) is 0 Å². The van der Waals surface area contributed by atoms with Crippen LogP contribution in [0.3, 0.4) is 0 Å². The molecule has 1 aromatic rings. The van der Waals surface area contributed by atoms with Crippen LogP contribution in [-0.2, 0) is 4.74 Å². The standard InChI is InChI=1S/C11H13NO4/c13-11(14)9-1-3-12-10(5-9)16-7-8-2-4-15-6-8/h1,3,5,8H,2,4,6-7H2,(H,13,14)/t8-/m0/s1. The summed E-state index contributed by atoms with van der Waals surface area (Å²) in [6, 6.07) is 2.87. The zero-order valence-corrected chi connectivity index (χ0v) is 8.76. The molecule has 2 rings (SSSR count). The number of nitrogens with zero attached hydrogens (tertiary/aromatic N) is 1. The van der Waals surface area contributed by atoms with Crippen molar-refractivity contribution in [3.63, 3.8) is 0 Å². The highest BCUT2D eigenvalue weighted by molar-refractivity contribution is 5.87. The molecule has 0 aromatic carbocycles. The number of carbonyl (C=O) groups is 1. The van der Waals surface area contributed by atoms with Gasteiger partial charge in [0.05, 0.1) is 18.8 Å². The molecule has 5 nitrogen and oxygen atoms in total. The second-order valence-electron chi connectivity index (χ2n) is 3.73. The first-order chi connectivity index (χ1) is 7.75. The van der Waals surface area contributed by atoms with Crippen molar-refractivity contribution in [3.05, 3.63) is 23.9 Å². The lowest BCUT2D eigenvalue weighted by Crippen LogP contribution is -2.12. The van der Waals surface area contributed by atoms with Gasteiger partial charge in [-0.05, 0) is 12.5 Å². The molecule has 0 saturated carbocycles. The monoisotopic (exact) mass is 223 g/mol. The van der Waals surface area contributed by atoms with Gasteiger partial charge in [0.2, 0.25) is 5.88 Å². The van der Waals surface area contributed by atoms with E-state index in [9.17, 15) is 4.79 Å². The number of aromatic nitrogens is 1. The summed E-state index contributed by atoms with van der Waals surface area (Å²) in [5.41, 5.74) is 0.188. The van der Waals surface area contributed by atoms with E-state index in [2.05, 4.69) is 4.98 Å². The topological polar surface area (TPSA) is 68.7 Å². The van der Waals surface area contributed by atoms with E-state index in [4.69, 9.17) is 14.6 Å². The highest BCUT2D eigenvalue weighted by Gasteiger charge is 2.16.